The number of phenols is 1. The Morgan fingerprint density at radius 2 is 1.78 bits per heavy atom. The maximum atomic E-state index is 10.7. The van der Waals surface area contributed by atoms with Gasteiger partial charge in [0.25, 0.3) is 0 Å². The largest absolute Gasteiger partial charge is 0.507 e. The van der Waals surface area contributed by atoms with E-state index < -0.39 is 0 Å². The first-order valence-corrected chi connectivity index (χ1v) is 5.19. The predicted molar refractivity (Wildman–Crippen MR) is 64.7 cm³/mol. The molecule has 0 aromatic heterocycles. The topological polar surface area (TPSA) is 70.3 Å². The molecule has 0 radical (unpaired) electrons. The van der Waals surface area contributed by atoms with Crippen LogP contribution in [0, 0.1) is 11.3 Å². The Morgan fingerprint density at radius 1 is 1.11 bits per heavy atom. The van der Waals surface area contributed by atoms with Gasteiger partial charge in [0.2, 0.25) is 0 Å². The summed E-state index contributed by atoms with van der Waals surface area (Å²) in [6, 6.07) is 13.0. The maximum absolute atomic E-state index is 10.7. The van der Waals surface area contributed by atoms with Crippen molar-refractivity contribution in [3.8, 4) is 23.3 Å². The van der Waals surface area contributed by atoms with Gasteiger partial charge in [-0.1, -0.05) is 0 Å². The summed E-state index contributed by atoms with van der Waals surface area (Å²) >= 11 is 0. The van der Waals surface area contributed by atoms with Crippen LogP contribution in [-0.2, 0) is 0 Å². The number of nitrogens with zero attached hydrogens (tertiary/aromatic N) is 1. The normalized spacial score (nSPS) is 9.50. The van der Waals surface area contributed by atoms with E-state index >= 15 is 0 Å². The lowest BCUT2D eigenvalue weighted by atomic mass is 10.2. The Bertz CT molecular complexity index is 612. The number of aldehydes is 1. The lowest BCUT2D eigenvalue weighted by Crippen LogP contribution is -1.87. The van der Waals surface area contributed by atoms with Crippen molar-refractivity contribution >= 4 is 6.29 Å². The van der Waals surface area contributed by atoms with Crippen LogP contribution in [0.15, 0.2) is 42.5 Å². The molecule has 0 aliphatic carbocycles. The molecule has 0 bridgehead atoms. The van der Waals surface area contributed by atoms with Crippen LogP contribution in [0.1, 0.15) is 15.9 Å². The van der Waals surface area contributed by atoms with E-state index in [9.17, 15) is 9.90 Å². The fourth-order valence-electron chi connectivity index (χ4n) is 1.42. The van der Waals surface area contributed by atoms with Crippen LogP contribution in [-0.4, -0.2) is 11.4 Å². The molecule has 0 amide bonds. The Morgan fingerprint density at radius 3 is 2.39 bits per heavy atom. The average Bonchev–Trinajstić information content (AvgIpc) is 2.42. The molecule has 2 aromatic rings. The zero-order chi connectivity index (χ0) is 13.0. The highest BCUT2D eigenvalue weighted by Crippen LogP contribution is 2.26. The monoisotopic (exact) mass is 239 g/mol. The van der Waals surface area contributed by atoms with Gasteiger partial charge in [0.1, 0.15) is 17.2 Å². The van der Waals surface area contributed by atoms with Crippen LogP contribution < -0.4 is 4.74 Å². The SMILES string of the molecule is N#Cc1ccc(Oc2ccc(O)c(C=O)c2)cc1. The van der Waals surface area contributed by atoms with Crippen molar-refractivity contribution < 1.29 is 14.6 Å². The van der Waals surface area contributed by atoms with Crippen molar-refractivity contribution in [2.24, 2.45) is 0 Å². The molecule has 2 aromatic carbocycles. The Kier molecular flexibility index (Phi) is 3.26. The minimum atomic E-state index is -0.0859. The molecule has 18 heavy (non-hydrogen) atoms. The maximum Gasteiger partial charge on any atom is 0.153 e. The van der Waals surface area contributed by atoms with Gasteiger partial charge < -0.3 is 9.84 Å². The molecule has 0 aliphatic heterocycles. The van der Waals surface area contributed by atoms with E-state index in [0.717, 1.165) is 0 Å². The first-order chi connectivity index (χ1) is 8.72. The third-order valence-corrected chi connectivity index (χ3v) is 2.35. The number of hydrogen-bond acceptors (Lipinski definition) is 4. The standard InChI is InChI=1S/C14H9NO3/c15-8-10-1-3-12(4-2-10)18-13-5-6-14(17)11(7-13)9-16/h1-7,9,17H. The fraction of sp³-hybridized carbons (Fsp3) is 0. The molecule has 2 rings (SSSR count). The molecule has 4 heteroatoms. The van der Waals surface area contributed by atoms with Crippen LogP contribution in [0.5, 0.6) is 17.2 Å². The van der Waals surface area contributed by atoms with Crippen LogP contribution in [0.3, 0.4) is 0 Å². The smallest absolute Gasteiger partial charge is 0.153 e. The Hall–Kier alpha value is -2.80. The van der Waals surface area contributed by atoms with E-state index in [-0.39, 0.29) is 11.3 Å². The lowest BCUT2D eigenvalue weighted by Gasteiger charge is -2.06. The highest BCUT2D eigenvalue weighted by atomic mass is 16.5. The molecule has 4 nitrogen and oxygen atoms in total. The number of phenolic OH excluding ortho intramolecular Hbond substituents is 1. The number of carbonyl (C=O) groups is 1. The minimum Gasteiger partial charge on any atom is -0.507 e. The van der Waals surface area contributed by atoms with Gasteiger partial charge >= 0.3 is 0 Å². The van der Waals surface area contributed by atoms with Gasteiger partial charge in [0.15, 0.2) is 6.29 Å². The summed E-state index contributed by atoms with van der Waals surface area (Å²) in [5, 5.41) is 18.0. The summed E-state index contributed by atoms with van der Waals surface area (Å²) in [6.45, 7) is 0. The fourth-order valence-corrected chi connectivity index (χ4v) is 1.42. The highest BCUT2D eigenvalue weighted by molar-refractivity contribution is 5.79. The number of hydrogen-bond donors (Lipinski definition) is 1. The van der Waals surface area contributed by atoms with E-state index in [1.54, 1.807) is 30.3 Å². The lowest BCUT2D eigenvalue weighted by molar-refractivity contribution is 0.112. The van der Waals surface area contributed by atoms with Gasteiger partial charge in [-0.2, -0.15) is 5.26 Å². The molecular formula is C14H9NO3. The van der Waals surface area contributed by atoms with Crippen LogP contribution in [0.25, 0.3) is 0 Å². The second-order valence-electron chi connectivity index (χ2n) is 3.58. The van der Waals surface area contributed by atoms with Crippen molar-refractivity contribution in [1.29, 1.82) is 5.26 Å². The number of aromatic hydroxyl groups is 1. The second kappa shape index (κ2) is 5.02. The van der Waals surface area contributed by atoms with Crippen molar-refractivity contribution in [2.45, 2.75) is 0 Å². The first-order valence-electron chi connectivity index (χ1n) is 5.19. The number of benzene rings is 2. The van der Waals surface area contributed by atoms with Gasteiger partial charge in [-0.15, -0.1) is 0 Å². The quantitative estimate of drug-likeness (QED) is 0.836. The van der Waals surface area contributed by atoms with E-state index in [0.29, 0.717) is 23.3 Å². The number of rotatable bonds is 3. The minimum absolute atomic E-state index is 0.0859. The second-order valence-corrected chi connectivity index (χ2v) is 3.58. The summed E-state index contributed by atoms with van der Waals surface area (Å²) in [6.07, 6.45) is 0.557. The molecular weight excluding hydrogens is 230 g/mol. The molecule has 0 saturated carbocycles. The third-order valence-electron chi connectivity index (χ3n) is 2.35. The van der Waals surface area contributed by atoms with Crippen molar-refractivity contribution in [3.05, 3.63) is 53.6 Å². The van der Waals surface area contributed by atoms with Crippen molar-refractivity contribution in [2.75, 3.05) is 0 Å². The molecule has 0 atom stereocenters. The molecule has 0 fully saturated rings. The van der Waals surface area contributed by atoms with E-state index in [1.807, 2.05) is 6.07 Å². The van der Waals surface area contributed by atoms with Crippen LogP contribution in [0.2, 0.25) is 0 Å². The molecule has 0 unspecified atom stereocenters. The van der Waals surface area contributed by atoms with Gasteiger partial charge in [-0.3, -0.25) is 4.79 Å². The number of ether oxygens (including phenoxy) is 1. The van der Waals surface area contributed by atoms with Crippen molar-refractivity contribution in [3.63, 3.8) is 0 Å². The summed E-state index contributed by atoms with van der Waals surface area (Å²) in [4.78, 5) is 10.7. The van der Waals surface area contributed by atoms with Crippen LogP contribution in [0.4, 0.5) is 0 Å². The molecule has 0 heterocycles. The molecule has 1 N–H and O–H groups in total. The summed E-state index contributed by atoms with van der Waals surface area (Å²) in [7, 11) is 0. The predicted octanol–water partition coefficient (Wildman–Crippen LogP) is 2.87. The third kappa shape index (κ3) is 2.47. The summed E-state index contributed by atoms with van der Waals surface area (Å²) in [5.74, 6) is 0.910. The summed E-state index contributed by atoms with van der Waals surface area (Å²) < 4.78 is 5.50. The van der Waals surface area contributed by atoms with Crippen LogP contribution >= 0.6 is 0 Å². The zero-order valence-corrected chi connectivity index (χ0v) is 9.33. The highest BCUT2D eigenvalue weighted by Gasteiger charge is 2.03. The van der Waals surface area contributed by atoms with E-state index in [1.165, 1.54) is 12.1 Å². The average molecular weight is 239 g/mol. The molecule has 0 aliphatic rings. The first kappa shape index (κ1) is 11.7. The molecule has 88 valence electrons. The van der Waals surface area contributed by atoms with E-state index in [4.69, 9.17) is 10.00 Å². The van der Waals surface area contributed by atoms with E-state index in [2.05, 4.69) is 0 Å². The Labute approximate surface area is 104 Å². The molecule has 0 saturated heterocycles. The Balaban J connectivity index is 2.23. The van der Waals surface area contributed by atoms with Gasteiger partial charge in [-0.25, -0.2) is 0 Å². The van der Waals surface area contributed by atoms with Gasteiger partial charge in [0, 0.05) is 0 Å². The number of nitriles is 1. The number of carbonyl (C=O) groups excluding carboxylic acids is 1. The van der Waals surface area contributed by atoms with Gasteiger partial charge in [-0.05, 0) is 42.5 Å². The zero-order valence-electron chi connectivity index (χ0n) is 9.33. The summed E-state index contributed by atoms with van der Waals surface area (Å²) in [5.41, 5.74) is 0.711. The molecule has 0 spiro atoms. The van der Waals surface area contributed by atoms with Gasteiger partial charge in [0.05, 0.1) is 17.2 Å². The van der Waals surface area contributed by atoms with Crippen molar-refractivity contribution in [1.82, 2.24) is 0 Å².